The van der Waals surface area contributed by atoms with Gasteiger partial charge in [0.2, 0.25) is 5.95 Å². The molecule has 3 rings (SSSR count). The van der Waals surface area contributed by atoms with Gasteiger partial charge in [0.1, 0.15) is 0 Å². The average molecular weight is 296 g/mol. The minimum atomic E-state index is 0.373. The molecule has 1 aliphatic heterocycles. The highest BCUT2D eigenvalue weighted by Crippen LogP contribution is 2.26. The van der Waals surface area contributed by atoms with Crippen LogP contribution in [0.1, 0.15) is 31.4 Å². The van der Waals surface area contributed by atoms with Gasteiger partial charge in [-0.25, -0.2) is 9.97 Å². The number of aromatic nitrogens is 2. The highest BCUT2D eigenvalue weighted by Gasteiger charge is 2.24. The third-order valence-electron chi connectivity index (χ3n) is 4.46. The molecule has 0 radical (unpaired) electrons. The third kappa shape index (κ3) is 3.83. The fourth-order valence-corrected chi connectivity index (χ4v) is 3.05. The van der Waals surface area contributed by atoms with Gasteiger partial charge in [-0.1, -0.05) is 37.3 Å². The third-order valence-corrected chi connectivity index (χ3v) is 4.46. The summed E-state index contributed by atoms with van der Waals surface area (Å²) in [6.45, 7) is 5.52. The zero-order valence-electron chi connectivity index (χ0n) is 13.2. The minimum absolute atomic E-state index is 0.373. The monoisotopic (exact) mass is 296 g/mol. The van der Waals surface area contributed by atoms with Crippen LogP contribution in [0, 0.1) is 5.92 Å². The molecule has 116 valence electrons. The first-order valence-corrected chi connectivity index (χ1v) is 8.13. The first kappa shape index (κ1) is 15.0. The summed E-state index contributed by atoms with van der Waals surface area (Å²) < 4.78 is 0. The van der Waals surface area contributed by atoms with Crippen LogP contribution in [-0.2, 0) is 0 Å². The molecule has 1 aromatic heterocycles. The number of nitrogens with zero attached hydrogens (tertiary/aromatic N) is 3. The molecule has 0 aliphatic carbocycles. The Morgan fingerprint density at radius 1 is 1.09 bits per heavy atom. The summed E-state index contributed by atoms with van der Waals surface area (Å²) in [5.74, 6) is 1.55. The van der Waals surface area contributed by atoms with E-state index in [9.17, 15) is 0 Å². The Bertz CT molecular complexity index is 550. The van der Waals surface area contributed by atoms with Crippen molar-refractivity contribution in [2.24, 2.45) is 5.92 Å². The molecule has 1 aliphatic rings. The molecular formula is C18H24N4. The van der Waals surface area contributed by atoms with E-state index in [-0.39, 0.29) is 0 Å². The molecule has 4 heteroatoms. The van der Waals surface area contributed by atoms with Crippen LogP contribution in [0.2, 0.25) is 0 Å². The molecule has 0 amide bonds. The number of benzene rings is 1. The van der Waals surface area contributed by atoms with E-state index in [1.165, 1.54) is 18.4 Å². The number of piperidine rings is 1. The maximum atomic E-state index is 4.26. The van der Waals surface area contributed by atoms with E-state index in [4.69, 9.17) is 0 Å². The second kappa shape index (κ2) is 7.36. The molecule has 0 spiro atoms. The van der Waals surface area contributed by atoms with Crippen LogP contribution in [0.25, 0.3) is 0 Å². The fourth-order valence-electron chi connectivity index (χ4n) is 3.05. The molecule has 4 nitrogen and oxygen atoms in total. The summed E-state index contributed by atoms with van der Waals surface area (Å²) in [6.07, 6.45) is 6.11. The van der Waals surface area contributed by atoms with Crippen molar-refractivity contribution in [3.63, 3.8) is 0 Å². The van der Waals surface area contributed by atoms with E-state index in [1.807, 2.05) is 6.07 Å². The number of likely N-dealkylation sites (tertiary alicyclic amines) is 1. The van der Waals surface area contributed by atoms with E-state index in [0.717, 1.165) is 25.6 Å². The Balaban J connectivity index is 1.71. The van der Waals surface area contributed by atoms with Crippen molar-refractivity contribution in [3.8, 4) is 0 Å². The molecule has 1 N–H and O–H groups in total. The van der Waals surface area contributed by atoms with Crippen molar-refractivity contribution in [1.29, 1.82) is 0 Å². The first-order valence-electron chi connectivity index (χ1n) is 8.13. The Kier molecular flexibility index (Phi) is 5.01. The minimum Gasteiger partial charge on any atom is -0.352 e. The molecule has 1 aromatic carbocycles. The second-order valence-electron chi connectivity index (χ2n) is 6.10. The maximum absolute atomic E-state index is 4.26. The van der Waals surface area contributed by atoms with E-state index >= 15 is 0 Å². The zero-order chi connectivity index (χ0) is 15.2. The topological polar surface area (TPSA) is 41.0 Å². The number of rotatable bonds is 5. The van der Waals surface area contributed by atoms with Crippen LogP contribution in [0.15, 0.2) is 48.8 Å². The first-order chi connectivity index (χ1) is 10.8. The highest BCUT2D eigenvalue weighted by molar-refractivity contribution is 5.26. The Morgan fingerprint density at radius 2 is 1.77 bits per heavy atom. The number of hydrogen-bond acceptors (Lipinski definition) is 4. The van der Waals surface area contributed by atoms with Gasteiger partial charge in [0.05, 0.1) is 6.04 Å². The van der Waals surface area contributed by atoms with Gasteiger partial charge in [-0.15, -0.1) is 0 Å². The van der Waals surface area contributed by atoms with Crippen molar-refractivity contribution >= 4 is 5.95 Å². The highest BCUT2D eigenvalue weighted by atomic mass is 15.2. The summed E-state index contributed by atoms with van der Waals surface area (Å²) >= 11 is 0. The summed E-state index contributed by atoms with van der Waals surface area (Å²) in [6, 6.07) is 13.0. The predicted molar refractivity (Wildman–Crippen MR) is 89.7 cm³/mol. The normalized spacial score (nSPS) is 18.0. The quantitative estimate of drug-likeness (QED) is 0.918. The standard InChI is InChI=1S/C18H24N4/c1-15-8-12-22(13-9-15)17(16-6-3-2-4-7-16)14-21-18-19-10-5-11-20-18/h2-7,10-11,15,17H,8-9,12-14H2,1H3,(H,19,20,21). The van der Waals surface area contributed by atoms with Gasteiger partial charge in [-0.05, 0) is 43.5 Å². The van der Waals surface area contributed by atoms with Gasteiger partial charge >= 0.3 is 0 Å². The van der Waals surface area contributed by atoms with Crippen LogP contribution in [0.5, 0.6) is 0 Å². The SMILES string of the molecule is CC1CCN(C(CNc2ncccn2)c2ccccc2)CC1. The summed E-state index contributed by atoms with van der Waals surface area (Å²) in [5.41, 5.74) is 1.36. The Hall–Kier alpha value is -1.94. The van der Waals surface area contributed by atoms with E-state index in [0.29, 0.717) is 12.0 Å². The molecule has 2 heterocycles. The molecule has 2 aromatic rings. The van der Waals surface area contributed by atoms with E-state index in [2.05, 4.69) is 57.4 Å². The number of hydrogen-bond donors (Lipinski definition) is 1. The lowest BCUT2D eigenvalue weighted by Crippen LogP contribution is -2.39. The molecule has 1 fully saturated rings. The fraction of sp³-hybridized carbons (Fsp3) is 0.444. The molecule has 22 heavy (non-hydrogen) atoms. The van der Waals surface area contributed by atoms with Crippen molar-refractivity contribution < 1.29 is 0 Å². The lowest BCUT2D eigenvalue weighted by molar-refractivity contribution is 0.143. The second-order valence-corrected chi connectivity index (χ2v) is 6.10. The lowest BCUT2D eigenvalue weighted by Gasteiger charge is -2.37. The molecule has 1 saturated heterocycles. The van der Waals surface area contributed by atoms with Crippen LogP contribution in [-0.4, -0.2) is 34.5 Å². The van der Waals surface area contributed by atoms with E-state index < -0.39 is 0 Å². The largest absolute Gasteiger partial charge is 0.352 e. The lowest BCUT2D eigenvalue weighted by atomic mass is 9.96. The van der Waals surface area contributed by atoms with Crippen molar-refractivity contribution in [3.05, 3.63) is 54.4 Å². The van der Waals surface area contributed by atoms with Gasteiger partial charge in [0.25, 0.3) is 0 Å². The Labute approximate surface area is 132 Å². The number of nitrogens with one attached hydrogen (secondary N) is 1. The smallest absolute Gasteiger partial charge is 0.222 e. The Morgan fingerprint density at radius 3 is 2.45 bits per heavy atom. The van der Waals surface area contributed by atoms with Gasteiger partial charge in [0, 0.05) is 18.9 Å². The van der Waals surface area contributed by atoms with Crippen LogP contribution in [0.3, 0.4) is 0 Å². The summed E-state index contributed by atoms with van der Waals surface area (Å²) in [5, 5.41) is 3.39. The predicted octanol–water partition coefficient (Wildman–Crippen LogP) is 3.36. The molecule has 1 unspecified atom stereocenters. The zero-order valence-corrected chi connectivity index (χ0v) is 13.2. The van der Waals surface area contributed by atoms with Crippen LogP contribution in [0.4, 0.5) is 5.95 Å². The molecule has 0 saturated carbocycles. The van der Waals surface area contributed by atoms with Gasteiger partial charge < -0.3 is 5.32 Å². The van der Waals surface area contributed by atoms with Gasteiger partial charge in [0.15, 0.2) is 0 Å². The van der Waals surface area contributed by atoms with Crippen LogP contribution < -0.4 is 5.32 Å². The van der Waals surface area contributed by atoms with Crippen molar-refractivity contribution in [2.45, 2.75) is 25.8 Å². The number of anilines is 1. The molecular weight excluding hydrogens is 272 g/mol. The van der Waals surface area contributed by atoms with Crippen molar-refractivity contribution in [1.82, 2.24) is 14.9 Å². The summed E-state index contributed by atoms with van der Waals surface area (Å²) in [7, 11) is 0. The summed E-state index contributed by atoms with van der Waals surface area (Å²) in [4.78, 5) is 11.1. The van der Waals surface area contributed by atoms with Gasteiger partial charge in [-0.2, -0.15) is 0 Å². The van der Waals surface area contributed by atoms with Gasteiger partial charge in [-0.3, -0.25) is 4.90 Å². The average Bonchev–Trinajstić information content (AvgIpc) is 2.58. The maximum Gasteiger partial charge on any atom is 0.222 e. The van der Waals surface area contributed by atoms with Crippen molar-refractivity contribution in [2.75, 3.05) is 25.0 Å². The van der Waals surface area contributed by atoms with E-state index in [1.54, 1.807) is 12.4 Å². The van der Waals surface area contributed by atoms with Crippen LogP contribution >= 0.6 is 0 Å². The molecule has 1 atom stereocenters. The molecule has 0 bridgehead atoms.